The normalized spacial score (nSPS) is 14.4. The quantitative estimate of drug-likeness (QED) is 0.389. The van der Waals surface area contributed by atoms with E-state index in [-0.39, 0.29) is 28.5 Å². The Morgan fingerprint density at radius 1 is 1.19 bits per heavy atom. The topological polar surface area (TPSA) is 134 Å². The minimum absolute atomic E-state index is 0.158. The molecule has 0 spiro atoms. The molecule has 1 saturated heterocycles. The number of hydrogen-bond donors (Lipinski definition) is 2. The largest absolute Gasteiger partial charge is 0.369 e. The maximum atomic E-state index is 13.5. The number of hydrogen-bond acceptors (Lipinski definition) is 6. The molecule has 2 aromatic heterocycles. The average molecular weight is 485 g/mol. The SMILES string of the molecule is Cc1cccn2c(=O)c(C=C(C#N)C(=O)NCCc3ccccc3)c(N3CCC(C(N)=O)CC3)nc12. The zero-order chi connectivity index (χ0) is 25.7. The third-order valence-electron chi connectivity index (χ3n) is 6.46. The van der Waals surface area contributed by atoms with Crippen molar-refractivity contribution in [3.05, 3.63) is 81.3 Å². The van der Waals surface area contributed by atoms with Gasteiger partial charge in [0.15, 0.2) is 0 Å². The van der Waals surface area contributed by atoms with Crippen LogP contribution in [0.15, 0.2) is 59.0 Å². The number of amides is 2. The van der Waals surface area contributed by atoms with Crippen molar-refractivity contribution in [2.75, 3.05) is 24.5 Å². The van der Waals surface area contributed by atoms with Crippen LogP contribution in [0.3, 0.4) is 0 Å². The number of carbonyl (C=O) groups is 2. The van der Waals surface area contributed by atoms with Crippen molar-refractivity contribution in [1.29, 1.82) is 5.26 Å². The van der Waals surface area contributed by atoms with Gasteiger partial charge in [0.25, 0.3) is 11.5 Å². The number of fused-ring (bicyclic) bond motifs is 1. The molecule has 3 N–H and O–H groups in total. The summed E-state index contributed by atoms with van der Waals surface area (Å²) in [4.78, 5) is 44.6. The number of aryl methyl sites for hydroxylation is 1. The van der Waals surface area contributed by atoms with E-state index >= 15 is 0 Å². The molecule has 3 heterocycles. The third-order valence-corrected chi connectivity index (χ3v) is 6.46. The standard InChI is InChI=1S/C27H28N6O3/c1-18-6-5-13-33-24(18)31-25(32-14-10-20(11-15-32)23(29)34)22(27(33)36)16-21(17-28)26(35)30-12-9-19-7-3-2-4-8-19/h2-8,13,16,20H,9-12,14-15H2,1H3,(H2,29,34)(H,30,35). The molecule has 3 aromatic rings. The highest BCUT2D eigenvalue weighted by atomic mass is 16.2. The summed E-state index contributed by atoms with van der Waals surface area (Å²) < 4.78 is 1.42. The summed E-state index contributed by atoms with van der Waals surface area (Å²) in [7, 11) is 0. The molecule has 1 aliphatic rings. The molecule has 0 atom stereocenters. The minimum atomic E-state index is -0.555. The van der Waals surface area contributed by atoms with Gasteiger partial charge in [0, 0.05) is 31.7 Å². The van der Waals surface area contributed by atoms with Gasteiger partial charge in [0.2, 0.25) is 5.91 Å². The third kappa shape index (κ3) is 5.28. The number of nitrogens with two attached hydrogens (primary N) is 1. The molecule has 1 aliphatic heterocycles. The van der Waals surface area contributed by atoms with E-state index in [1.807, 2.05) is 54.3 Å². The molecule has 0 radical (unpaired) electrons. The second-order valence-corrected chi connectivity index (χ2v) is 8.86. The number of nitriles is 1. The van der Waals surface area contributed by atoms with Crippen LogP contribution in [0, 0.1) is 24.2 Å². The number of primary amides is 1. The summed E-state index contributed by atoms with van der Waals surface area (Å²) in [5.74, 6) is -0.729. The summed E-state index contributed by atoms with van der Waals surface area (Å²) >= 11 is 0. The van der Waals surface area contributed by atoms with Gasteiger partial charge in [0.1, 0.15) is 23.1 Å². The lowest BCUT2D eigenvalue weighted by Crippen LogP contribution is -2.40. The highest BCUT2D eigenvalue weighted by molar-refractivity contribution is 6.02. The van der Waals surface area contributed by atoms with E-state index in [1.165, 1.54) is 10.5 Å². The van der Waals surface area contributed by atoms with Gasteiger partial charge in [-0.15, -0.1) is 0 Å². The monoisotopic (exact) mass is 484 g/mol. The fourth-order valence-corrected chi connectivity index (χ4v) is 4.40. The zero-order valence-corrected chi connectivity index (χ0v) is 20.1. The van der Waals surface area contributed by atoms with E-state index < -0.39 is 5.91 Å². The molecule has 2 amide bonds. The Hall–Kier alpha value is -4.45. The molecule has 0 aliphatic carbocycles. The van der Waals surface area contributed by atoms with Gasteiger partial charge in [-0.2, -0.15) is 5.26 Å². The first kappa shape index (κ1) is 24.7. The number of rotatable bonds is 7. The van der Waals surface area contributed by atoms with Crippen molar-refractivity contribution in [2.45, 2.75) is 26.2 Å². The van der Waals surface area contributed by atoms with Gasteiger partial charge in [-0.3, -0.25) is 18.8 Å². The number of nitrogens with one attached hydrogen (secondary N) is 1. The van der Waals surface area contributed by atoms with Gasteiger partial charge in [-0.25, -0.2) is 4.98 Å². The van der Waals surface area contributed by atoms with Crippen molar-refractivity contribution in [2.24, 2.45) is 11.7 Å². The van der Waals surface area contributed by atoms with Crippen LogP contribution in [0.1, 0.15) is 29.5 Å². The van der Waals surface area contributed by atoms with Crippen LogP contribution in [0.5, 0.6) is 0 Å². The summed E-state index contributed by atoms with van der Waals surface area (Å²) in [6, 6.07) is 15.2. The molecule has 4 rings (SSSR count). The van der Waals surface area contributed by atoms with Crippen LogP contribution < -0.4 is 21.5 Å². The molecule has 0 bridgehead atoms. The maximum absolute atomic E-state index is 13.5. The number of benzene rings is 1. The van der Waals surface area contributed by atoms with Crippen LogP contribution in [-0.2, 0) is 16.0 Å². The van der Waals surface area contributed by atoms with E-state index in [2.05, 4.69) is 5.32 Å². The number of aromatic nitrogens is 2. The predicted molar refractivity (Wildman–Crippen MR) is 137 cm³/mol. The molecular formula is C27H28N6O3. The highest BCUT2D eigenvalue weighted by Gasteiger charge is 2.27. The number of anilines is 1. The minimum Gasteiger partial charge on any atom is -0.369 e. The number of piperidine rings is 1. The molecule has 1 fully saturated rings. The van der Waals surface area contributed by atoms with Crippen LogP contribution in [-0.4, -0.2) is 40.8 Å². The summed E-state index contributed by atoms with van der Waals surface area (Å²) in [6.07, 6.45) is 4.63. The molecule has 1 aromatic carbocycles. The lowest BCUT2D eigenvalue weighted by molar-refractivity contribution is -0.122. The Morgan fingerprint density at radius 3 is 2.58 bits per heavy atom. The summed E-state index contributed by atoms with van der Waals surface area (Å²) in [5.41, 5.74) is 7.46. The van der Waals surface area contributed by atoms with Crippen LogP contribution in [0.25, 0.3) is 11.7 Å². The van der Waals surface area contributed by atoms with E-state index in [0.29, 0.717) is 50.4 Å². The molecule has 9 nitrogen and oxygen atoms in total. The lowest BCUT2D eigenvalue weighted by atomic mass is 9.96. The Kier molecular flexibility index (Phi) is 7.44. The molecule has 9 heteroatoms. The highest BCUT2D eigenvalue weighted by Crippen LogP contribution is 2.26. The number of pyridine rings is 1. The van der Waals surface area contributed by atoms with Crippen molar-refractivity contribution in [1.82, 2.24) is 14.7 Å². The van der Waals surface area contributed by atoms with Crippen LogP contribution in [0.2, 0.25) is 0 Å². The maximum Gasteiger partial charge on any atom is 0.267 e. The zero-order valence-electron chi connectivity index (χ0n) is 20.1. The van der Waals surface area contributed by atoms with E-state index in [4.69, 9.17) is 10.7 Å². The Labute approximate surface area is 208 Å². The van der Waals surface area contributed by atoms with Crippen LogP contribution >= 0.6 is 0 Å². The predicted octanol–water partition coefficient (Wildman–Crippen LogP) is 1.97. The number of nitrogens with zero attached hydrogens (tertiary/aromatic N) is 4. The second-order valence-electron chi connectivity index (χ2n) is 8.86. The fraction of sp³-hybridized carbons (Fsp3) is 0.296. The van der Waals surface area contributed by atoms with Crippen molar-refractivity contribution < 1.29 is 9.59 Å². The fourth-order valence-electron chi connectivity index (χ4n) is 4.40. The van der Waals surface area contributed by atoms with E-state index in [0.717, 1.165) is 11.1 Å². The van der Waals surface area contributed by atoms with Crippen molar-refractivity contribution >= 4 is 29.4 Å². The molecular weight excluding hydrogens is 456 g/mol. The smallest absolute Gasteiger partial charge is 0.267 e. The summed E-state index contributed by atoms with van der Waals surface area (Å²) in [5, 5.41) is 12.5. The Balaban J connectivity index is 1.67. The number of carbonyl (C=O) groups excluding carboxylic acids is 2. The van der Waals surface area contributed by atoms with Crippen molar-refractivity contribution in [3.8, 4) is 6.07 Å². The van der Waals surface area contributed by atoms with Gasteiger partial charge in [-0.1, -0.05) is 36.4 Å². The average Bonchev–Trinajstić information content (AvgIpc) is 2.89. The first-order chi connectivity index (χ1) is 17.4. The van der Waals surface area contributed by atoms with Gasteiger partial charge in [0.05, 0.1) is 5.56 Å². The second kappa shape index (κ2) is 10.9. The van der Waals surface area contributed by atoms with Gasteiger partial charge >= 0.3 is 0 Å². The molecule has 36 heavy (non-hydrogen) atoms. The van der Waals surface area contributed by atoms with Gasteiger partial charge < -0.3 is 16.0 Å². The van der Waals surface area contributed by atoms with E-state index in [1.54, 1.807) is 12.3 Å². The molecule has 0 unspecified atom stereocenters. The Bertz CT molecular complexity index is 1410. The first-order valence-corrected chi connectivity index (χ1v) is 11.9. The lowest BCUT2D eigenvalue weighted by Gasteiger charge is -2.32. The summed E-state index contributed by atoms with van der Waals surface area (Å²) in [6.45, 7) is 3.17. The first-order valence-electron chi connectivity index (χ1n) is 11.9. The molecule has 0 saturated carbocycles. The van der Waals surface area contributed by atoms with Gasteiger partial charge in [-0.05, 0) is 49.5 Å². The Morgan fingerprint density at radius 2 is 1.92 bits per heavy atom. The van der Waals surface area contributed by atoms with E-state index in [9.17, 15) is 19.6 Å². The van der Waals surface area contributed by atoms with Crippen LogP contribution in [0.4, 0.5) is 5.82 Å². The van der Waals surface area contributed by atoms with Crippen molar-refractivity contribution in [3.63, 3.8) is 0 Å². The molecule has 184 valence electrons.